The number of hydrogen-bond donors (Lipinski definition) is 2. The maximum atomic E-state index is 12.8. The number of anilines is 1. The first-order valence-electron chi connectivity index (χ1n) is 8.60. The summed E-state index contributed by atoms with van der Waals surface area (Å²) in [6, 6.07) is 9.26. The molecule has 0 bridgehead atoms. The molecule has 2 heterocycles. The number of benzene rings is 1. The Bertz CT molecular complexity index is 751. The number of carbonyl (C=O) groups excluding carboxylic acids is 1. The van der Waals surface area contributed by atoms with Gasteiger partial charge in [-0.25, -0.2) is 0 Å². The molecule has 1 atom stereocenters. The van der Waals surface area contributed by atoms with Crippen LogP contribution in [0.4, 0.5) is 5.82 Å². The molecule has 1 aromatic carbocycles. The Kier molecular flexibility index (Phi) is 3.98. The van der Waals surface area contributed by atoms with E-state index in [1.54, 1.807) is 0 Å². The monoisotopic (exact) mass is 326 g/mol. The van der Waals surface area contributed by atoms with Crippen LogP contribution in [0.3, 0.4) is 0 Å². The Hall–Kier alpha value is -2.34. The van der Waals surface area contributed by atoms with Gasteiger partial charge in [0.2, 0.25) is 5.91 Å². The molecule has 2 aromatic rings. The van der Waals surface area contributed by atoms with Crippen LogP contribution in [0.15, 0.2) is 30.3 Å². The third-order valence-electron chi connectivity index (χ3n) is 4.56. The second-order valence-electron chi connectivity index (χ2n) is 6.31. The maximum absolute atomic E-state index is 12.8. The van der Waals surface area contributed by atoms with Crippen molar-refractivity contribution >= 4 is 11.7 Å². The summed E-state index contributed by atoms with van der Waals surface area (Å²) in [7, 11) is 0. The van der Waals surface area contributed by atoms with Gasteiger partial charge in [-0.05, 0) is 25.8 Å². The van der Waals surface area contributed by atoms with Gasteiger partial charge in [-0.2, -0.15) is 5.10 Å². The van der Waals surface area contributed by atoms with Crippen LogP contribution >= 0.6 is 0 Å². The van der Waals surface area contributed by atoms with Gasteiger partial charge < -0.3 is 10.1 Å². The molecule has 0 saturated heterocycles. The van der Waals surface area contributed by atoms with Crippen LogP contribution in [0.1, 0.15) is 43.0 Å². The van der Waals surface area contributed by atoms with Crippen LogP contribution in [0, 0.1) is 0 Å². The molecule has 1 unspecified atom stereocenters. The average Bonchev–Trinajstić information content (AvgIpc) is 3.39. The summed E-state index contributed by atoms with van der Waals surface area (Å²) in [5, 5.41) is 10.8. The smallest absolute Gasteiger partial charge is 0.247 e. The molecule has 0 spiro atoms. The fraction of sp³-hybridized carbons (Fsp3) is 0.444. The number of nitrogens with zero attached hydrogens (tertiary/aromatic N) is 2. The third kappa shape index (κ3) is 2.89. The number of ether oxygens (including phenoxy) is 1. The zero-order valence-corrected chi connectivity index (χ0v) is 13.8. The van der Waals surface area contributed by atoms with Gasteiger partial charge in [0.05, 0.1) is 0 Å². The first-order valence-corrected chi connectivity index (χ1v) is 8.60. The number of amides is 1. The van der Waals surface area contributed by atoms with Crippen molar-refractivity contribution in [3.8, 4) is 5.75 Å². The van der Waals surface area contributed by atoms with Crippen LogP contribution < -0.4 is 15.4 Å². The standard InChI is InChI=1S/C18H22N4O2/c1-2-22-14(12-7-8-12)11-16(21-22)20-18(23)17-13-5-3-4-6-15(13)24-10-9-19-17/h3-6,11-12,17,19H,2,7-10H2,1H3,(H,20,21,23). The molecule has 1 aliphatic carbocycles. The number of rotatable bonds is 4. The Morgan fingerprint density at radius 1 is 1.42 bits per heavy atom. The fourth-order valence-electron chi connectivity index (χ4n) is 3.21. The summed E-state index contributed by atoms with van der Waals surface area (Å²) in [5.74, 6) is 1.90. The minimum Gasteiger partial charge on any atom is -0.492 e. The predicted molar refractivity (Wildman–Crippen MR) is 91.2 cm³/mol. The van der Waals surface area contributed by atoms with Crippen molar-refractivity contribution in [2.24, 2.45) is 0 Å². The van der Waals surface area contributed by atoms with Gasteiger partial charge >= 0.3 is 0 Å². The lowest BCUT2D eigenvalue weighted by Gasteiger charge is -2.16. The molecule has 6 nitrogen and oxygen atoms in total. The lowest BCUT2D eigenvalue weighted by atomic mass is 10.1. The molecule has 1 amide bonds. The van der Waals surface area contributed by atoms with Gasteiger partial charge in [0, 0.05) is 36.3 Å². The molecular formula is C18H22N4O2. The predicted octanol–water partition coefficient (Wildman–Crippen LogP) is 2.44. The van der Waals surface area contributed by atoms with E-state index < -0.39 is 6.04 Å². The van der Waals surface area contributed by atoms with Crippen molar-refractivity contribution in [3.63, 3.8) is 0 Å². The zero-order valence-electron chi connectivity index (χ0n) is 13.8. The van der Waals surface area contributed by atoms with Crippen LogP contribution in [-0.4, -0.2) is 28.8 Å². The van der Waals surface area contributed by atoms with E-state index >= 15 is 0 Å². The Balaban J connectivity index is 1.56. The van der Waals surface area contributed by atoms with E-state index in [-0.39, 0.29) is 5.91 Å². The minimum atomic E-state index is -0.431. The number of nitrogens with one attached hydrogen (secondary N) is 2. The van der Waals surface area contributed by atoms with Crippen LogP contribution in [0.2, 0.25) is 0 Å². The zero-order chi connectivity index (χ0) is 16.5. The minimum absolute atomic E-state index is 0.101. The van der Waals surface area contributed by atoms with E-state index in [9.17, 15) is 4.79 Å². The lowest BCUT2D eigenvalue weighted by Crippen LogP contribution is -2.33. The summed E-state index contributed by atoms with van der Waals surface area (Å²) in [5.41, 5.74) is 2.09. The van der Waals surface area contributed by atoms with Crippen molar-refractivity contribution in [2.45, 2.75) is 38.3 Å². The lowest BCUT2D eigenvalue weighted by molar-refractivity contribution is -0.118. The van der Waals surface area contributed by atoms with Crippen LogP contribution in [-0.2, 0) is 11.3 Å². The number of para-hydroxylation sites is 1. The molecule has 0 radical (unpaired) electrons. The van der Waals surface area contributed by atoms with Crippen molar-refractivity contribution in [1.82, 2.24) is 15.1 Å². The Morgan fingerprint density at radius 3 is 3.04 bits per heavy atom. The number of carbonyl (C=O) groups is 1. The van der Waals surface area contributed by atoms with Crippen LogP contribution in [0.25, 0.3) is 0 Å². The second kappa shape index (κ2) is 6.28. The van der Waals surface area contributed by atoms with E-state index in [2.05, 4.69) is 22.7 Å². The first-order chi connectivity index (χ1) is 11.8. The Labute approximate surface area is 141 Å². The number of fused-ring (bicyclic) bond motifs is 1. The van der Waals surface area contributed by atoms with Crippen molar-refractivity contribution in [2.75, 3.05) is 18.5 Å². The largest absolute Gasteiger partial charge is 0.492 e. The fourth-order valence-corrected chi connectivity index (χ4v) is 3.21. The summed E-state index contributed by atoms with van der Waals surface area (Å²) in [6.07, 6.45) is 2.43. The molecular weight excluding hydrogens is 304 g/mol. The average molecular weight is 326 g/mol. The van der Waals surface area contributed by atoms with Crippen molar-refractivity contribution in [3.05, 3.63) is 41.6 Å². The molecule has 1 aliphatic heterocycles. The molecule has 1 aromatic heterocycles. The van der Waals surface area contributed by atoms with Gasteiger partial charge in [0.15, 0.2) is 5.82 Å². The topological polar surface area (TPSA) is 68.2 Å². The van der Waals surface area contributed by atoms with Crippen molar-refractivity contribution < 1.29 is 9.53 Å². The first kappa shape index (κ1) is 15.2. The SMILES string of the molecule is CCn1nc(NC(=O)C2NCCOc3ccccc32)cc1C1CC1. The number of aromatic nitrogens is 2. The highest BCUT2D eigenvalue weighted by molar-refractivity contribution is 5.95. The van der Waals surface area contributed by atoms with E-state index in [1.165, 1.54) is 18.5 Å². The van der Waals surface area contributed by atoms with Crippen LogP contribution in [0.5, 0.6) is 5.75 Å². The summed E-state index contributed by atoms with van der Waals surface area (Å²) >= 11 is 0. The molecule has 6 heteroatoms. The second-order valence-corrected chi connectivity index (χ2v) is 6.31. The van der Waals surface area contributed by atoms with Crippen molar-refractivity contribution in [1.29, 1.82) is 0 Å². The van der Waals surface area contributed by atoms with E-state index in [0.717, 1.165) is 17.9 Å². The van der Waals surface area contributed by atoms with E-state index in [0.29, 0.717) is 24.9 Å². The normalized spacial score (nSPS) is 20.0. The maximum Gasteiger partial charge on any atom is 0.247 e. The van der Waals surface area contributed by atoms with Gasteiger partial charge in [0.1, 0.15) is 18.4 Å². The van der Waals surface area contributed by atoms with Gasteiger partial charge in [-0.15, -0.1) is 0 Å². The van der Waals surface area contributed by atoms with E-state index in [4.69, 9.17) is 4.74 Å². The summed E-state index contributed by atoms with van der Waals surface area (Å²) < 4.78 is 7.69. The highest BCUT2D eigenvalue weighted by atomic mass is 16.5. The molecule has 2 aliphatic rings. The number of aryl methyl sites for hydroxylation is 1. The van der Waals surface area contributed by atoms with Gasteiger partial charge in [-0.3, -0.25) is 14.8 Å². The molecule has 1 fully saturated rings. The van der Waals surface area contributed by atoms with Gasteiger partial charge in [0.25, 0.3) is 0 Å². The van der Waals surface area contributed by atoms with Gasteiger partial charge in [-0.1, -0.05) is 18.2 Å². The number of hydrogen-bond acceptors (Lipinski definition) is 4. The molecule has 126 valence electrons. The summed E-state index contributed by atoms with van der Waals surface area (Å²) in [4.78, 5) is 12.8. The quantitative estimate of drug-likeness (QED) is 0.905. The van der Waals surface area contributed by atoms with E-state index in [1.807, 2.05) is 35.0 Å². The molecule has 24 heavy (non-hydrogen) atoms. The Morgan fingerprint density at radius 2 is 2.25 bits per heavy atom. The highest BCUT2D eigenvalue weighted by Gasteiger charge is 2.29. The molecule has 4 rings (SSSR count). The third-order valence-corrected chi connectivity index (χ3v) is 4.56. The highest BCUT2D eigenvalue weighted by Crippen LogP contribution is 2.41. The molecule has 2 N–H and O–H groups in total. The molecule has 1 saturated carbocycles. The summed E-state index contributed by atoms with van der Waals surface area (Å²) in [6.45, 7) is 4.07.